The number of pyridine rings is 2. The van der Waals surface area contributed by atoms with Crippen molar-refractivity contribution in [3.05, 3.63) is 70.2 Å². The Morgan fingerprint density at radius 2 is 1.66 bits per heavy atom. The molecule has 0 spiro atoms. The Bertz CT molecular complexity index is 1550. The maximum atomic E-state index is 12.7. The van der Waals surface area contributed by atoms with Crippen molar-refractivity contribution in [1.29, 1.82) is 0 Å². The molecule has 0 radical (unpaired) electrons. The molecule has 38 heavy (non-hydrogen) atoms. The van der Waals surface area contributed by atoms with Crippen LogP contribution in [0.25, 0.3) is 11.0 Å². The number of amides is 1. The molecule has 3 aromatic heterocycles. The average Bonchev–Trinajstić information content (AvgIpc) is 3.15. The van der Waals surface area contributed by atoms with Gasteiger partial charge in [0.05, 0.1) is 11.9 Å². The first-order valence-electron chi connectivity index (χ1n) is 13.0. The minimum absolute atomic E-state index is 0.0946. The zero-order chi connectivity index (χ0) is 27.4. The molecular formula is C30H36N6O2. The maximum absolute atomic E-state index is 12.7. The van der Waals surface area contributed by atoms with Crippen LogP contribution in [-0.2, 0) is 17.9 Å². The van der Waals surface area contributed by atoms with Crippen molar-refractivity contribution in [1.82, 2.24) is 25.2 Å². The van der Waals surface area contributed by atoms with Gasteiger partial charge in [-0.2, -0.15) is 5.10 Å². The predicted octanol–water partition coefficient (Wildman–Crippen LogP) is 6.19. The number of fused-ring (bicyclic) bond motifs is 2. The molecule has 0 aliphatic heterocycles. The van der Waals surface area contributed by atoms with Crippen molar-refractivity contribution < 1.29 is 9.53 Å². The van der Waals surface area contributed by atoms with Gasteiger partial charge in [0.2, 0.25) is 0 Å². The van der Waals surface area contributed by atoms with Gasteiger partial charge in [-0.15, -0.1) is 0 Å². The fraction of sp³-hybridized carbons (Fsp3) is 0.400. The van der Waals surface area contributed by atoms with Gasteiger partial charge in [-0.25, -0.2) is 9.97 Å². The minimum Gasteiger partial charge on any atom is -0.455 e. The van der Waals surface area contributed by atoms with Gasteiger partial charge in [-0.05, 0) is 91.0 Å². The number of hydrazine groups is 1. The Morgan fingerprint density at radius 1 is 0.974 bits per heavy atom. The van der Waals surface area contributed by atoms with Crippen LogP contribution >= 0.6 is 0 Å². The summed E-state index contributed by atoms with van der Waals surface area (Å²) in [6, 6.07) is 9.76. The van der Waals surface area contributed by atoms with Crippen LogP contribution in [0.15, 0.2) is 36.5 Å². The van der Waals surface area contributed by atoms with E-state index in [4.69, 9.17) is 4.74 Å². The summed E-state index contributed by atoms with van der Waals surface area (Å²) in [6.07, 6.45) is 3.89. The smallest absolute Gasteiger partial charge is 0.288 e. The number of benzene rings is 1. The molecule has 0 saturated heterocycles. The van der Waals surface area contributed by atoms with Crippen molar-refractivity contribution in [2.75, 3.05) is 5.43 Å². The zero-order valence-electron chi connectivity index (χ0n) is 23.5. The lowest BCUT2D eigenvalue weighted by Gasteiger charge is -2.42. The number of hydrogen-bond donors (Lipinski definition) is 2. The number of nitrogens with one attached hydrogen (secondary N) is 2. The quantitative estimate of drug-likeness (QED) is 0.310. The highest BCUT2D eigenvalue weighted by Crippen LogP contribution is 2.48. The third-order valence-electron chi connectivity index (χ3n) is 7.82. The van der Waals surface area contributed by atoms with Crippen LogP contribution in [0.1, 0.15) is 79.0 Å². The van der Waals surface area contributed by atoms with E-state index in [9.17, 15) is 4.79 Å². The number of carbonyl (C=O) groups is 1. The van der Waals surface area contributed by atoms with Crippen LogP contribution < -0.4 is 15.6 Å². The lowest BCUT2D eigenvalue weighted by molar-refractivity contribution is 0.0957. The molecular weight excluding hydrogens is 476 g/mol. The predicted molar refractivity (Wildman–Crippen MR) is 150 cm³/mol. The second-order valence-electron chi connectivity index (χ2n) is 11.7. The lowest BCUT2D eigenvalue weighted by atomic mass is 9.63. The Balaban J connectivity index is 1.29. The van der Waals surface area contributed by atoms with Gasteiger partial charge in [0.25, 0.3) is 5.91 Å². The first-order valence-corrected chi connectivity index (χ1v) is 13.0. The van der Waals surface area contributed by atoms with E-state index in [1.54, 1.807) is 23.0 Å². The summed E-state index contributed by atoms with van der Waals surface area (Å²) in [5.74, 6) is 1.56. The molecule has 0 unspecified atom stereocenters. The van der Waals surface area contributed by atoms with Crippen molar-refractivity contribution >= 4 is 22.8 Å². The van der Waals surface area contributed by atoms with Gasteiger partial charge in [0.1, 0.15) is 23.0 Å². The van der Waals surface area contributed by atoms with Crippen LogP contribution in [0.5, 0.6) is 11.5 Å². The van der Waals surface area contributed by atoms with Gasteiger partial charge in [0, 0.05) is 12.4 Å². The van der Waals surface area contributed by atoms with Crippen LogP contribution in [0.3, 0.4) is 0 Å². The fourth-order valence-corrected chi connectivity index (χ4v) is 5.42. The summed E-state index contributed by atoms with van der Waals surface area (Å²) in [7, 11) is 1.85. The number of ether oxygens (including phenoxy) is 1. The first-order chi connectivity index (χ1) is 17.9. The van der Waals surface area contributed by atoms with Gasteiger partial charge in [-0.1, -0.05) is 33.8 Å². The topological polar surface area (TPSA) is 94.0 Å². The summed E-state index contributed by atoms with van der Waals surface area (Å²) in [4.78, 5) is 21.6. The van der Waals surface area contributed by atoms with Crippen molar-refractivity contribution in [2.45, 2.75) is 72.1 Å². The first kappa shape index (κ1) is 25.7. The lowest BCUT2D eigenvalue weighted by Crippen LogP contribution is -2.33. The molecule has 0 bridgehead atoms. The molecule has 0 atom stereocenters. The van der Waals surface area contributed by atoms with Gasteiger partial charge in [-0.3, -0.25) is 20.3 Å². The highest BCUT2D eigenvalue weighted by molar-refractivity contribution is 5.93. The molecule has 1 aromatic carbocycles. The van der Waals surface area contributed by atoms with E-state index in [0.717, 1.165) is 40.0 Å². The maximum Gasteiger partial charge on any atom is 0.288 e. The third kappa shape index (κ3) is 4.59. The molecule has 1 amide bonds. The van der Waals surface area contributed by atoms with Crippen LogP contribution in [0, 0.1) is 20.8 Å². The van der Waals surface area contributed by atoms with E-state index < -0.39 is 0 Å². The van der Waals surface area contributed by atoms with Crippen molar-refractivity contribution in [3.63, 3.8) is 0 Å². The summed E-state index contributed by atoms with van der Waals surface area (Å²) in [6.45, 7) is 15.3. The van der Waals surface area contributed by atoms with E-state index in [2.05, 4.69) is 72.7 Å². The Hall–Kier alpha value is -3.94. The number of rotatable bonds is 5. The molecule has 0 saturated carbocycles. The zero-order valence-corrected chi connectivity index (χ0v) is 23.5. The highest BCUT2D eigenvalue weighted by atomic mass is 16.5. The van der Waals surface area contributed by atoms with Gasteiger partial charge < -0.3 is 4.74 Å². The molecule has 1 aliphatic carbocycles. The molecule has 3 heterocycles. The normalized spacial score (nSPS) is 15.7. The Kier molecular flexibility index (Phi) is 6.16. The second kappa shape index (κ2) is 9.11. The molecule has 1 aliphatic rings. The largest absolute Gasteiger partial charge is 0.455 e. The number of aromatic nitrogens is 4. The summed E-state index contributed by atoms with van der Waals surface area (Å²) >= 11 is 0. The molecule has 4 aromatic rings. The standard InChI is InChI=1S/C30H36N6O2/c1-17-13-21-22(30(6,7)12-11-29(21,4)5)15-24(17)38-20-9-10-23(31-16-20)28(37)34-33-25-14-18(2)26-19(3)35-36(8)27(26)32-25/h9-10,13-16H,11-12H2,1-8H3,(H,32,33)(H,34,37). The second-order valence-corrected chi connectivity index (χ2v) is 11.7. The number of carbonyl (C=O) groups excluding carboxylic acids is 1. The highest BCUT2D eigenvalue weighted by Gasteiger charge is 2.37. The van der Waals surface area contributed by atoms with E-state index in [1.165, 1.54) is 17.5 Å². The minimum atomic E-state index is -0.369. The van der Waals surface area contributed by atoms with E-state index in [-0.39, 0.29) is 22.4 Å². The van der Waals surface area contributed by atoms with Gasteiger partial charge >= 0.3 is 0 Å². The molecule has 8 nitrogen and oxygen atoms in total. The Labute approximate surface area is 223 Å². The number of hydrogen-bond acceptors (Lipinski definition) is 6. The van der Waals surface area contributed by atoms with Crippen LogP contribution in [0.4, 0.5) is 5.82 Å². The van der Waals surface area contributed by atoms with Crippen LogP contribution in [-0.4, -0.2) is 25.7 Å². The van der Waals surface area contributed by atoms with Crippen LogP contribution in [0.2, 0.25) is 0 Å². The molecule has 8 heteroatoms. The van der Waals surface area contributed by atoms with Gasteiger partial charge in [0.15, 0.2) is 5.65 Å². The third-order valence-corrected chi connectivity index (χ3v) is 7.82. The number of nitrogens with zero attached hydrogens (tertiary/aromatic N) is 4. The number of anilines is 1. The van der Waals surface area contributed by atoms with E-state index >= 15 is 0 Å². The fourth-order valence-electron chi connectivity index (χ4n) is 5.42. The summed E-state index contributed by atoms with van der Waals surface area (Å²) < 4.78 is 7.97. The molecule has 0 fully saturated rings. The van der Waals surface area contributed by atoms with Crippen molar-refractivity contribution in [3.8, 4) is 11.5 Å². The summed E-state index contributed by atoms with van der Waals surface area (Å²) in [5, 5.41) is 5.45. The monoisotopic (exact) mass is 512 g/mol. The molecule has 2 N–H and O–H groups in total. The van der Waals surface area contributed by atoms with Crippen molar-refractivity contribution in [2.24, 2.45) is 7.05 Å². The average molecular weight is 513 g/mol. The number of aryl methyl sites for hydroxylation is 4. The Morgan fingerprint density at radius 3 is 2.32 bits per heavy atom. The van der Waals surface area contributed by atoms with E-state index in [0.29, 0.717) is 11.6 Å². The SMILES string of the molecule is Cc1cc2c(cc1Oc1ccc(C(=O)NNc3cc(C)c4c(C)nn(C)c4n3)nc1)C(C)(C)CCC2(C)C. The summed E-state index contributed by atoms with van der Waals surface area (Å²) in [5.41, 5.74) is 12.6. The molecule has 198 valence electrons. The van der Waals surface area contributed by atoms with E-state index in [1.807, 2.05) is 27.0 Å². The molecule has 5 rings (SSSR count).